The fourth-order valence-electron chi connectivity index (χ4n) is 0.710. The van der Waals surface area contributed by atoms with Gasteiger partial charge in [-0.25, -0.2) is 14.4 Å². The van der Waals surface area contributed by atoms with Gasteiger partial charge in [-0.3, -0.25) is 0 Å². The maximum atomic E-state index is 11.1. The molecule has 88 valence electrons. The molecule has 0 rings (SSSR count). The average molecular weight is 228 g/mol. The Balaban J connectivity index is 4.24. The molecule has 0 heterocycles. The standard InChI is InChI=1S/C10H12O6/c1-7(3-2-6-11)10(15)16-9(14)5-4-8(12)13/h3-5,11H,2,6H2,1H3,(H,12,13)/b5-4-,7-3?. The summed E-state index contributed by atoms with van der Waals surface area (Å²) in [6.45, 7) is 1.31. The largest absolute Gasteiger partial charge is 0.478 e. The molecule has 0 aliphatic rings. The first kappa shape index (κ1) is 14.1. The Morgan fingerprint density at radius 2 is 1.88 bits per heavy atom. The smallest absolute Gasteiger partial charge is 0.341 e. The Bertz CT molecular complexity index is 339. The monoisotopic (exact) mass is 228 g/mol. The number of hydrogen-bond acceptors (Lipinski definition) is 5. The minimum atomic E-state index is -1.31. The maximum Gasteiger partial charge on any atom is 0.341 e. The summed E-state index contributed by atoms with van der Waals surface area (Å²) in [5, 5.41) is 16.7. The fraction of sp³-hybridized carbons (Fsp3) is 0.300. The van der Waals surface area contributed by atoms with Crippen molar-refractivity contribution in [1.82, 2.24) is 0 Å². The van der Waals surface area contributed by atoms with Crippen LogP contribution < -0.4 is 0 Å². The lowest BCUT2D eigenvalue weighted by molar-refractivity contribution is -0.153. The molecule has 0 aromatic heterocycles. The first-order chi connectivity index (χ1) is 7.47. The topological polar surface area (TPSA) is 101 Å². The minimum absolute atomic E-state index is 0.114. The lowest BCUT2D eigenvalue weighted by atomic mass is 10.2. The van der Waals surface area contributed by atoms with Crippen molar-refractivity contribution < 1.29 is 29.3 Å². The molecule has 0 aliphatic heterocycles. The van der Waals surface area contributed by atoms with E-state index in [0.29, 0.717) is 12.2 Å². The number of aliphatic hydroxyl groups is 1. The van der Waals surface area contributed by atoms with E-state index in [1.807, 2.05) is 0 Å². The second-order valence-electron chi connectivity index (χ2n) is 2.78. The highest BCUT2D eigenvalue weighted by molar-refractivity contribution is 6.00. The summed E-state index contributed by atoms with van der Waals surface area (Å²) in [5.41, 5.74) is 0.172. The molecule has 0 aliphatic carbocycles. The van der Waals surface area contributed by atoms with Gasteiger partial charge in [0.1, 0.15) is 0 Å². The Morgan fingerprint density at radius 3 is 2.38 bits per heavy atom. The molecule has 0 radical (unpaired) electrons. The van der Waals surface area contributed by atoms with Crippen molar-refractivity contribution in [1.29, 1.82) is 0 Å². The highest BCUT2D eigenvalue weighted by Gasteiger charge is 2.09. The van der Waals surface area contributed by atoms with Crippen LogP contribution in [0.15, 0.2) is 23.8 Å². The second kappa shape index (κ2) is 7.36. The van der Waals surface area contributed by atoms with Crippen LogP contribution in [0.4, 0.5) is 0 Å². The van der Waals surface area contributed by atoms with Crippen LogP contribution in [0.25, 0.3) is 0 Å². The zero-order chi connectivity index (χ0) is 12.6. The SMILES string of the molecule is CC(=CCCO)C(=O)OC(=O)/C=C\C(=O)O. The third kappa shape index (κ3) is 6.50. The summed E-state index contributed by atoms with van der Waals surface area (Å²) in [5.74, 6) is -3.23. The van der Waals surface area contributed by atoms with E-state index in [2.05, 4.69) is 4.74 Å². The van der Waals surface area contributed by atoms with E-state index in [1.54, 1.807) is 0 Å². The van der Waals surface area contributed by atoms with Gasteiger partial charge in [0, 0.05) is 24.3 Å². The van der Waals surface area contributed by atoms with E-state index in [-0.39, 0.29) is 18.6 Å². The number of carboxylic acid groups (broad SMARTS) is 1. The van der Waals surface area contributed by atoms with Crippen LogP contribution in [0.3, 0.4) is 0 Å². The first-order valence-corrected chi connectivity index (χ1v) is 4.42. The number of esters is 2. The average Bonchev–Trinajstić information content (AvgIpc) is 2.22. The summed E-state index contributed by atoms with van der Waals surface area (Å²) < 4.78 is 4.28. The zero-order valence-electron chi connectivity index (χ0n) is 8.67. The number of carbonyl (C=O) groups excluding carboxylic acids is 2. The summed E-state index contributed by atoms with van der Waals surface area (Å²) in [7, 11) is 0. The summed E-state index contributed by atoms with van der Waals surface area (Å²) in [4.78, 5) is 32.0. The molecule has 6 heteroatoms. The Labute approximate surface area is 91.8 Å². The normalized spacial score (nSPS) is 11.5. The Kier molecular flexibility index (Phi) is 6.46. The Hall–Kier alpha value is -1.95. The van der Waals surface area contributed by atoms with Gasteiger partial charge in [0.15, 0.2) is 0 Å². The predicted molar refractivity (Wildman–Crippen MR) is 53.3 cm³/mol. The van der Waals surface area contributed by atoms with Gasteiger partial charge >= 0.3 is 17.9 Å². The van der Waals surface area contributed by atoms with E-state index in [0.717, 1.165) is 0 Å². The van der Waals surface area contributed by atoms with Crippen molar-refractivity contribution in [2.75, 3.05) is 6.61 Å². The van der Waals surface area contributed by atoms with Gasteiger partial charge in [0.05, 0.1) is 0 Å². The van der Waals surface area contributed by atoms with Crippen LogP contribution in [0.2, 0.25) is 0 Å². The molecule has 0 saturated carbocycles. The van der Waals surface area contributed by atoms with Gasteiger partial charge in [0.2, 0.25) is 0 Å². The van der Waals surface area contributed by atoms with E-state index in [9.17, 15) is 14.4 Å². The molecule has 16 heavy (non-hydrogen) atoms. The van der Waals surface area contributed by atoms with E-state index < -0.39 is 17.9 Å². The molecule has 0 amide bonds. The third-order valence-corrected chi connectivity index (χ3v) is 1.46. The number of carboxylic acids is 1. The van der Waals surface area contributed by atoms with E-state index in [4.69, 9.17) is 10.2 Å². The molecule has 0 spiro atoms. The molecular formula is C10H12O6. The van der Waals surface area contributed by atoms with Crippen molar-refractivity contribution in [2.45, 2.75) is 13.3 Å². The van der Waals surface area contributed by atoms with Gasteiger partial charge in [-0.1, -0.05) is 6.08 Å². The molecule has 0 bridgehead atoms. The molecule has 0 saturated heterocycles. The second-order valence-corrected chi connectivity index (χ2v) is 2.78. The lowest BCUT2D eigenvalue weighted by Crippen LogP contribution is -2.11. The quantitative estimate of drug-likeness (QED) is 0.391. The van der Waals surface area contributed by atoms with Gasteiger partial charge < -0.3 is 14.9 Å². The molecule has 0 aromatic rings. The minimum Gasteiger partial charge on any atom is -0.478 e. The van der Waals surface area contributed by atoms with Crippen molar-refractivity contribution in [3.8, 4) is 0 Å². The number of aliphatic carboxylic acids is 1. The lowest BCUT2D eigenvalue weighted by Gasteiger charge is -1.99. The van der Waals surface area contributed by atoms with E-state index in [1.165, 1.54) is 13.0 Å². The number of ether oxygens (including phenoxy) is 1. The summed E-state index contributed by atoms with van der Waals surface area (Å²) in [6.07, 6.45) is 2.90. The van der Waals surface area contributed by atoms with Crippen LogP contribution >= 0.6 is 0 Å². The predicted octanol–water partition coefficient (Wildman–Crippen LogP) is 0.0257. The zero-order valence-corrected chi connectivity index (χ0v) is 8.67. The highest BCUT2D eigenvalue weighted by atomic mass is 16.6. The van der Waals surface area contributed by atoms with Crippen LogP contribution in [0.5, 0.6) is 0 Å². The number of hydrogen-bond donors (Lipinski definition) is 2. The third-order valence-electron chi connectivity index (χ3n) is 1.46. The summed E-state index contributed by atoms with van der Waals surface area (Å²) >= 11 is 0. The van der Waals surface area contributed by atoms with Crippen LogP contribution in [0, 0.1) is 0 Å². The van der Waals surface area contributed by atoms with Crippen LogP contribution in [-0.2, 0) is 19.1 Å². The molecule has 2 N–H and O–H groups in total. The molecular weight excluding hydrogens is 216 g/mol. The van der Waals surface area contributed by atoms with Crippen molar-refractivity contribution >= 4 is 17.9 Å². The molecule has 0 fully saturated rings. The molecule has 6 nitrogen and oxygen atoms in total. The molecule has 0 atom stereocenters. The Morgan fingerprint density at radius 1 is 1.25 bits per heavy atom. The fourth-order valence-corrected chi connectivity index (χ4v) is 0.710. The molecule has 0 aromatic carbocycles. The van der Waals surface area contributed by atoms with Gasteiger partial charge in [-0.05, 0) is 13.3 Å². The number of rotatable bonds is 5. The van der Waals surface area contributed by atoms with Gasteiger partial charge in [-0.2, -0.15) is 0 Å². The van der Waals surface area contributed by atoms with E-state index >= 15 is 0 Å². The van der Waals surface area contributed by atoms with Gasteiger partial charge in [0.25, 0.3) is 0 Å². The maximum absolute atomic E-state index is 11.1. The van der Waals surface area contributed by atoms with Crippen molar-refractivity contribution in [2.24, 2.45) is 0 Å². The van der Waals surface area contributed by atoms with Gasteiger partial charge in [-0.15, -0.1) is 0 Å². The van der Waals surface area contributed by atoms with Crippen LogP contribution in [-0.4, -0.2) is 34.7 Å². The molecule has 0 unspecified atom stereocenters. The van der Waals surface area contributed by atoms with Crippen LogP contribution in [0.1, 0.15) is 13.3 Å². The van der Waals surface area contributed by atoms with Crippen molar-refractivity contribution in [3.63, 3.8) is 0 Å². The highest BCUT2D eigenvalue weighted by Crippen LogP contribution is 1.99. The first-order valence-electron chi connectivity index (χ1n) is 4.42. The number of aliphatic hydroxyl groups excluding tert-OH is 1. The summed E-state index contributed by atoms with van der Waals surface area (Å²) in [6, 6.07) is 0. The van der Waals surface area contributed by atoms with Crippen molar-refractivity contribution in [3.05, 3.63) is 23.8 Å². The number of carbonyl (C=O) groups is 3.